The van der Waals surface area contributed by atoms with Crippen LogP contribution in [0.2, 0.25) is 5.15 Å². The highest BCUT2D eigenvalue weighted by atomic mass is 79.9. The second kappa shape index (κ2) is 5.22. The quantitative estimate of drug-likeness (QED) is 0.778. The van der Waals surface area contributed by atoms with Crippen molar-refractivity contribution < 1.29 is 8.42 Å². The minimum atomic E-state index is -3.51. The van der Waals surface area contributed by atoms with Gasteiger partial charge in [-0.05, 0) is 34.8 Å². The summed E-state index contributed by atoms with van der Waals surface area (Å²) >= 11 is 9.07. The number of hydrogen-bond acceptors (Lipinski definition) is 3. The molecule has 2 heterocycles. The summed E-state index contributed by atoms with van der Waals surface area (Å²) in [6.45, 7) is 1.12. The number of piperidine rings is 1. The van der Waals surface area contributed by atoms with Crippen molar-refractivity contribution in [2.24, 2.45) is 0 Å². The fourth-order valence-electron chi connectivity index (χ4n) is 1.83. The van der Waals surface area contributed by atoms with Gasteiger partial charge in [-0.2, -0.15) is 4.31 Å². The zero-order chi connectivity index (χ0) is 12.5. The van der Waals surface area contributed by atoms with Gasteiger partial charge in [0.15, 0.2) is 0 Å². The molecule has 0 spiro atoms. The average Bonchev–Trinajstić information content (AvgIpc) is 2.33. The van der Waals surface area contributed by atoms with Crippen LogP contribution >= 0.6 is 27.5 Å². The molecule has 1 fully saturated rings. The van der Waals surface area contributed by atoms with Gasteiger partial charge in [0.05, 0.1) is 0 Å². The van der Waals surface area contributed by atoms with Gasteiger partial charge in [0.1, 0.15) is 10.0 Å². The average molecular weight is 340 g/mol. The van der Waals surface area contributed by atoms with E-state index < -0.39 is 10.0 Å². The molecule has 0 aromatic carbocycles. The van der Waals surface area contributed by atoms with E-state index in [1.807, 2.05) is 0 Å². The van der Waals surface area contributed by atoms with Crippen molar-refractivity contribution in [3.8, 4) is 0 Å². The first-order valence-corrected chi connectivity index (χ1v) is 7.94. The minimum Gasteiger partial charge on any atom is -0.242 e. The lowest BCUT2D eigenvalue weighted by Crippen LogP contribution is -2.35. The minimum absolute atomic E-state index is 0.0266. The van der Waals surface area contributed by atoms with E-state index in [-0.39, 0.29) is 10.0 Å². The molecule has 0 N–H and O–H groups in total. The van der Waals surface area contributed by atoms with E-state index in [0.717, 1.165) is 19.3 Å². The molecule has 7 heteroatoms. The van der Waals surface area contributed by atoms with Crippen molar-refractivity contribution in [1.82, 2.24) is 9.29 Å². The topological polar surface area (TPSA) is 50.3 Å². The molecule has 94 valence electrons. The number of aromatic nitrogens is 1. The highest BCUT2D eigenvalue weighted by Crippen LogP contribution is 2.27. The molecule has 1 aliphatic heterocycles. The highest BCUT2D eigenvalue weighted by Gasteiger charge is 2.28. The van der Waals surface area contributed by atoms with Gasteiger partial charge in [0, 0.05) is 23.8 Å². The van der Waals surface area contributed by atoms with Crippen LogP contribution in [0.5, 0.6) is 0 Å². The molecule has 0 atom stereocenters. The number of sulfonamides is 1. The molecule has 0 bridgehead atoms. The van der Waals surface area contributed by atoms with Crippen LogP contribution in [0.15, 0.2) is 21.6 Å². The Morgan fingerprint density at radius 1 is 1.29 bits per heavy atom. The van der Waals surface area contributed by atoms with Gasteiger partial charge in [-0.1, -0.05) is 18.0 Å². The molecule has 1 saturated heterocycles. The summed E-state index contributed by atoms with van der Waals surface area (Å²) in [6, 6.07) is 1.50. The molecule has 0 unspecified atom stereocenters. The molecular weight excluding hydrogens is 328 g/mol. The van der Waals surface area contributed by atoms with Crippen molar-refractivity contribution in [3.63, 3.8) is 0 Å². The summed E-state index contributed by atoms with van der Waals surface area (Å²) in [5.41, 5.74) is 0. The molecule has 0 amide bonds. The fourth-order valence-corrected chi connectivity index (χ4v) is 4.27. The lowest BCUT2D eigenvalue weighted by molar-refractivity contribution is 0.346. The third-order valence-electron chi connectivity index (χ3n) is 2.71. The second-order valence-corrected chi connectivity index (χ2v) is 7.09. The normalized spacial score (nSPS) is 18.2. The molecule has 17 heavy (non-hydrogen) atoms. The Morgan fingerprint density at radius 3 is 2.59 bits per heavy atom. The van der Waals surface area contributed by atoms with Crippen molar-refractivity contribution in [2.45, 2.75) is 24.2 Å². The Bertz CT molecular complexity index is 515. The van der Waals surface area contributed by atoms with Crippen LogP contribution in [-0.4, -0.2) is 30.8 Å². The zero-order valence-electron chi connectivity index (χ0n) is 9.07. The van der Waals surface area contributed by atoms with Crippen molar-refractivity contribution in [1.29, 1.82) is 0 Å². The molecule has 0 radical (unpaired) electrons. The van der Waals surface area contributed by atoms with Crippen molar-refractivity contribution in [2.75, 3.05) is 13.1 Å². The highest BCUT2D eigenvalue weighted by molar-refractivity contribution is 9.10. The predicted octanol–water partition coefficient (Wildman–Crippen LogP) is 2.67. The molecule has 1 aromatic rings. The molecule has 0 saturated carbocycles. The van der Waals surface area contributed by atoms with E-state index in [1.54, 1.807) is 0 Å². The summed E-state index contributed by atoms with van der Waals surface area (Å²) in [5, 5.41) is 0.0266. The standard InChI is InChI=1S/C10H12BrClN2O2S/c11-8-6-9(10(12)13-7-8)17(15,16)14-4-2-1-3-5-14/h6-7H,1-5H2. The molecular formula is C10H12BrClN2O2S. The van der Waals surface area contributed by atoms with Crippen LogP contribution in [0.4, 0.5) is 0 Å². The van der Waals surface area contributed by atoms with Gasteiger partial charge in [0.2, 0.25) is 10.0 Å². The Kier molecular flexibility index (Phi) is 4.07. The summed E-state index contributed by atoms with van der Waals surface area (Å²) in [6.07, 6.45) is 4.37. The number of pyridine rings is 1. The van der Waals surface area contributed by atoms with Crippen LogP contribution in [-0.2, 0) is 10.0 Å². The van der Waals surface area contributed by atoms with Crippen molar-refractivity contribution >= 4 is 37.6 Å². The first-order valence-electron chi connectivity index (χ1n) is 5.33. The third-order valence-corrected chi connectivity index (χ3v) is 5.47. The van der Waals surface area contributed by atoms with Crippen LogP contribution in [0, 0.1) is 0 Å². The smallest absolute Gasteiger partial charge is 0.242 e. The second-order valence-electron chi connectivity index (χ2n) is 3.91. The van der Waals surface area contributed by atoms with Gasteiger partial charge >= 0.3 is 0 Å². The predicted molar refractivity (Wildman–Crippen MR) is 69.6 cm³/mol. The largest absolute Gasteiger partial charge is 0.246 e. The van der Waals surface area contributed by atoms with Crippen LogP contribution in [0.3, 0.4) is 0 Å². The van der Waals surface area contributed by atoms with E-state index in [2.05, 4.69) is 20.9 Å². The van der Waals surface area contributed by atoms with E-state index in [4.69, 9.17) is 11.6 Å². The first-order chi connectivity index (χ1) is 8.01. The summed E-state index contributed by atoms with van der Waals surface area (Å²) in [4.78, 5) is 3.93. The number of nitrogens with zero attached hydrogens (tertiary/aromatic N) is 2. The van der Waals surface area contributed by atoms with Gasteiger partial charge < -0.3 is 0 Å². The molecule has 1 aromatic heterocycles. The molecule has 4 nitrogen and oxygen atoms in total. The maximum atomic E-state index is 12.3. The third kappa shape index (κ3) is 2.81. The van der Waals surface area contributed by atoms with Gasteiger partial charge in [-0.15, -0.1) is 0 Å². The summed E-state index contributed by atoms with van der Waals surface area (Å²) in [5.74, 6) is 0. The number of hydrogen-bond donors (Lipinski definition) is 0. The van der Waals surface area contributed by atoms with Crippen LogP contribution in [0.25, 0.3) is 0 Å². The molecule has 0 aliphatic carbocycles. The van der Waals surface area contributed by atoms with Crippen LogP contribution < -0.4 is 0 Å². The molecule has 2 rings (SSSR count). The Hall–Kier alpha value is -0.170. The zero-order valence-corrected chi connectivity index (χ0v) is 12.2. The van der Waals surface area contributed by atoms with Gasteiger partial charge in [-0.25, -0.2) is 13.4 Å². The number of halogens is 2. The van der Waals surface area contributed by atoms with E-state index in [0.29, 0.717) is 17.6 Å². The lowest BCUT2D eigenvalue weighted by atomic mass is 10.2. The van der Waals surface area contributed by atoms with Gasteiger partial charge in [-0.3, -0.25) is 0 Å². The maximum absolute atomic E-state index is 12.3. The van der Waals surface area contributed by atoms with E-state index >= 15 is 0 Å². The van der Waals surface area contributed by atoms with E-state index in [1.165, 1.54) is 16.6 Å². The summed E-state index contributed by atoms with van der Waals surface area (Å²) in [7, 11) is -3.51. The first kappa shape index (κ1) is 13.3. The lowest BCUT2D eigenvalue weighted by Gasteiger charge is -2.26. The Labute approximate surface area is 114 Å². The number of rotatable bonds is 2. The molecule has 1 aliphatic rings. The SMILES string of the molecule is O=S(=O)(c1cc(Br)cnc1Cl)N1CCCCC1. The fraction of sp³-hybridized carbons (Fsp3) is 0.500. The van der Waals surface area contributed by atoms with Crippen molar-refractivity contribution in [3.05, 3.63) is 21.9 Å². The van der Waals surface area contributed by atoms with E-state index in [9.17, 15) is 8.42 Å². The maximum Gasteiger partial charge on any atom is 0.246 e. The van der Waals surface area contributed by atoms with Gasteiger partial charge in [0.25, 0.3) is 0 Å². The Balaban J connectivity index is 2.40. The monoisotopic (exact) mass is 338 g/mol. The van der Waals surface area contributed by atoms with Crippen LogP contribution in [0.1, 0.15) is 19.3 Å². The summed E-state index contributed by atoms with van der Waals surface area (Å²) < 4.78 is 26.8. The Morgan fingerprint density at radius 2 is 1.94 bits per heavy atom.